The molecule has 19 heavy (non-hydrogen) atoms. The van der Waals surface area contributed by atoms with Gasteiger partial charge in [-0.25, -0.2) is 8.42 Å². The summed E-state index contributed by atoms with van der Waals surface area (Å²) < 4.78 is 31.8. The number of ether oxygens (including phenoxy) is 1. The molecule has 2 heterocycles. The van der Waals surface area contributed by atoms with Gasteiger partial charge in [0.25, 0.3) is 15.9 Å². The summed E-state index contributed by atoms with van der Waals surface area (Å²) in [5.41, 5.74) is -1.14. The van der Waals surface area contributed by atoms with Crippen molar-refractivity contribution in [3.63, 3.8) is 0 Å². The van der Waals surface area contributed by atoms with Gasteiger partial charge in [0.1, 0.15) is 4.21 Å². The lowest BCUT2D eigenvalue weighted by Gasteiger charge is -2.37. The van der Waals surface area contributed by atoms with Crippen LogP contribution < -0.4 is 5.32 Å². The molecule has 1 aromatic rings. The predicted molar refractivity (Wildman–Crippen MR) is 71.5 cm³/mol. The minimum atomic E-state index is -3.54. The summed E-state index contributed by atoms with van der Waals surface area (Å²) in [6, 6.07) is 3.25. The Bertz CT molecular complexity index is 555. The lowest BCUT2D eigenvalue weighted by Crippen LogP contribution is -2.58. The summed E-state index contributed by atoms with van der Waals surface area (Å²) in [6.45, 7) is 2.08. The third-order valence-corrected chi connectivity index (χ3v) is 6.25. The highest BCUT2D eigenvalue weighted by molar-refractivity contribution is 7.91. The molecule has 1 aliphatic rings. The summed E-state index contributed by atoms with van der Waals surface area (Å²) >= 11 is 1.17. The summed E-state index contributed by atoms with van der Waals surface area (Å²) in [5, 5.41) is 4.21. The van der Waals surface area contributed by atoms with Gasteiger partial charge >= 0.3 is 0 Å². The van der Waals surface area contributed by atoms with E-state index in [-0.39, 0.29) is 29.8 Å². The largest absolute Gasteiger partial charge is 0.363 e. The van der Waals surface area contributed by atoms with Gasteiger partial charge in [0.15, 0.2) is 5.60 Å². The third-order valence-electron chi connectivity index (χ3n) is 3.04. The van der Waals surface area contributed by atoms with Gasteiger partial charge < -0.3 is 10.1 Å². The van der Waals surface area contributed by atoms with E-state index in [4.69, 9.17) is 4.74 Å². The first-order valence-electron chi connectivity index (χ1n) is 5.80. The van der Waals surface area contributed by atoms with Gasteiger partial charge in [0.05, 0.1) is 13.2 Å². The monoisotopic (exact) mass is 304 g/mol. The Balaban J connectivity index is 2.25. The number of amides is 1. The molecule has 0 bridgehead atoms. The number of nitrogens with one attached hydrogen (secondary N) is 1. The Labute approximate surface area is 116 Å². The van der Waals surface area contributed by atoms with Crippen LogP contribution in [-0.4, -0.2) is 51.0 Å². The third kappa shape index (κ3) is 2.66. The molecule has 1 aromatic heterocycles. The van der Waals surface area contributed by atoms with Gasteiger partial charge in [-0.15, -0.1) is 11.3 Å². The number of rotatable bonds is 3. The second kappa shape index (κ2) is 5.20. The normalized spacial score (nSPS) is 25.2. The Kier molecular flexibility index (Phi) is 3.95. The first-order valence-corrected chi connectivity index (χ1v) is 8.12. The zero-order chi connectivity index (χ0) is 14.1. The van der Waals surface area contributed by atoms with Crippen LogP contribution in [0.3, 0.4) is 0 Å². The summed E-state index contributed by atoms with van der Waals surface area (Å²) in [7, 11) is -2.04. The van der Waals surface area contributed by atoms with Gasteiger partial charge in [-0.1, -0.05) is 6.07 Å². The van der Waals surface area contributed by atoms with E-state index in [9.17, 15) is 13.2 Å². The van der Waals surface area contributed by atoms with Crippen LogP contribution in [0.4, 0.5) is 0 Å². The van der Waals surface area contributed by atoms with Crippen LogP contribution in [0, 0.1) is 0 Å². The molecular formula is C11H16N2O4S2. The maximum Gasteiger partial charge on any atom is 0.253 e. The van der Waals surface area contributed by atoms with E-state index < -0.39 is 15.6 Å². The fraction of sp³-hybridized carbons (Fsp3) is 0.545. The van der Waals surface area contributed by atoms with Crippen LogP contribution >= 0.6 is 11.3 Å². The molecular weight excluding hydrogens is 288 g/mol. The molecule has 1 fully saturated rings. The van der Waals surface area contributed by atoms with Crippen LogP contribution in [0.1, 0.15) is 6.92 Å². The quantitative estimate of drug-likeness (QED) is 0.870. The summed E-state index contributed by atoms with van der Waals surface area (Å²) in [5.74, 6) is -0.321. The van der Waals surface area contributed by atoms with Crippen molar-refractivity contribution in [2.75, 3.05) is 26.7 Å². The molecule has 0 aromatic carbocycles. The lowest BCUT2D eigenvalue weighted by molar-refractivity contribution is -0.151. The number of morpholine rings is 1. The maximum absolute atomic E-state index is 12.4. The molecule has 1 atom stereocenters. The smallest absolute Gasteiger partial charge is 0.253 e. The molecule has 2 rings (SSSR count). The van der Waals surface area contributed by atoms with E-state index in [0.29, 0.717) is 0 Å². The molecule has 0 spiro atoms. The van der Waals surface area contributed by atoms with E-state index >= 15 is 0 Å². The van der Waals surface area contributed by atoms with Crippen LogP contribution in [-0.2, 0) is 19.6 Å². The lowest BCUT2D eigenvalue weighted by atomic mass is 10.0. The summed E-state index contributed by atoms with van der Waals surface area (Å²) in [6.07, 6.45) is 0. The summed E-state index contributed by atoms with van der Waals surface area (Å²) in [4.78, 5) is 11.8. The van der Waals surface area contributed by atoms with E-state index in [1.807, 2.05) is 0 Å². The highest BCUT2D eigenvalue weighted by Crippen LogP contribution is 2.26. The molecule has 0 radical (unpaired) electrons. The molecule has 0 aliphatic carbocycles. The second-order valence-electron chi connectivity index (χ2n) is 4.43. The Morgan fingerprint density at radius 1 is 1.58 bits per heavy atom. The number of hydrogen-bond acceptors (Lipinski definition) is 5. The van der Waals surface area contributed by atoms with Crippen molar-refractivity contribution in [2.24, 2.45) is 0 Å². The second-order valence-corrected chi connectivity index (χ2v) is 7.54. The predicted octanol–water partition coefficient (Wildman–Crippen LogP) is 0.274. The first-order chi connectivity index (χ1) is 8.90. The van der Waals surface area contributed by atoms with Crippen molar-refractivity contribution in [3.05, 3.63) is 17.5 Å². The average molecular weight is 304 g/mol. The molecule has 1 N–H and O–H groups in total. The molecule has 8 heteroatoms. The SMILES string of the molecule is CNC(=O)[C@@]1(C)CN(S(=O)(=O)c2cccs2)CCO1. The first kappa shape index (κ1) is 14.4. The number of sulfonamides is 1. The zero-order valence-electron chi connectivity index (χ0n) is 10.8. The standard InChI is InChI=1S/C11H16N2O4S2/c1-11(10(14)12-2)8-13(5-6-17-11)19(15,16)9-4-3-7-18-9/h3-4,7H,5-6,8H2,1-2H3,(H,12,14)/t11-/m1/s1. The highest BCUT2D eigenvalue weighted by Gasteiger charge is 2.42. The van der Waals surface area contributed by atoms with Crippen LogP contribution in [0.15, 0.2) is 21.7 Å². The molecule has 6 nitrogen and oxygen atoms in total. The molecule has 0 unspecified atom stereocenters. The minimum absolute atomic E-state index is 0.0207. The number of carbonyl (C=O) groups excluding carboxylic acids is 1. The topological polar surface area (TPSA) is 75.7 Å². The van der Waals surface area contributed by atoms with E-state index in [0.717, 1.165) is 0 Å². The fourth-order valence-electron chi connectivity index (χ4n) is 1.98. The molecule has 1 aliphatic heterocycles. The highest BCUT2D eigenvalue weighted by atomic mass is 32.2. The van der Waals surface area contributed by atoms with Gasteiger partial charge in [-0.05, 0) is 18.4 Å². The van der Waals surface area contributed by atoms with Gasteiger partial charge in [-0.3, -0.25) is 4.79 Å². The number of nitrogens with zero attached hydrogens (tertiary/aromatic N) is 1. The molecule has 0 saturated carbocycles. The van der Waals surface area contributed by atoms with Crippen molar-refractivity contribution < 1.29 is 17.9 Å². The Morgan fingerprint density at radius 3 is 2.89 bits per heavy atom. The molecule has 106 valence electrons. The number of likely N-dealkylation sites (N-methyl/N-ethyl adjacent to an activating group) is 1. The number of hydrogen-bond donors (Lipinski definition) is 1. The minimum Gasteiger partial charge on any atom is -0.363 e. The molecule has 1 amide bonds. The fourth-order valence-corrected chi connectivity index (χ4v) is 4.63. The van der Waals surface area contributed by atoms with Crippen molar-refractivity contribution in [1.82, 2.24) is 9.62 Å². The number of carbonyl (C=O) groups is 1. The van der Waals surface area contributed by atoms with E-state index in [2.05, 4.69) is 5.32 Å². The maximum atomic E-state index is 12.4. The van der Waals surface area contributed by atoms with Crippen LogP contribution in [0.2, 0.25) is 0 Å². The van der Waals surface area contributed by atoms with E-state index in [1.54, 1.807) is 24.4 Å². The van der Waals surface area contributed by atoms with E-state index in [1.165, 1.54) is 22.7 Å². The average Bonchev–Trinajstić information content (AvgIpc) is 2.92. The van der Waals surface area contributed by atoms with Crippen LogP contribution in [0.5, 0.6) is 0 Å². The zero-order valence-corrected chi connectivity index (χ0v) is 12.4. The Hall–Kier alpha value is -0.960. The van der Waals surface area contributed by atoms with Gasteiger partial charge in [0, 0.05) is 13.6 Å². The van der Waals surface area contributed by atoms with Crippen LogP contribution in [0.25, 0.3) is 0 Å². The van der Waals surface area contributed by atoms with Crippen molar-refractivity contribution in [2.45, 2.75) is 16.7 Å². The number of thiophene rings is 1. The van der Waals surface area contributed by atoms with Gasteiger partial charge in [0.2, 0.25) is 0 Å². The van der Waals surface area contributed by atoms with Crippen molar-refractivity contribution in [3.8, 4) is 0 Å². The molecule has 1 saturated heterocycles. The van der Waals surface area contributed by atoms with Gasteiger partial charge in [-0.2, -0.15) is 4.31 Å². The Morgan fingerprint density at radius 2 is 2.32 bits per heavy atom. The van der Waals surface area contributed by atoms with Crippen molar-refractivity contribution >= 4 is 27.3 Å². The van der Waals surface area contributed by atoms with Crippen molar-refractivity contribution in [1.29, 1.82) is 0 Å².